The molecule has 16 bridgehead atoms. The van der Waals surface area contributed by atoms with E-state index in [-0.39, 0.29) is 0 Å². The Balaban J connectivity index is 1.30. The maximum Gasteiger partial charge on any atom is -0.0184 e. The van der Waals surface area contributed by atoms with E-state index in [1.165, 1.54) is 83.5 Å². The first kappa shape index (κ1) is 28.0. The Morgan fingerprint density at radius 3 is 0.167 bits per heavy atom. The van der Waals surface area contributed by atoms with Crippen LogP contribution in [0.15, 0.2) is 194 Å². The molecule has 8 aromatic carbocycles. The lowest BCUT2D eigenvalue weighted by Crippen LogP contribution is -1.80. The van der Waals surface area contributed by atoms with Crippen LogP contribution in [0.1, 0.15) is 0 Å². The second-order valence-electron chi connectivity index (χ2n) is 12.6. The summed E-state index contributed by atoms with van der Waals surface area (Å²) in [5, 5.41) is 19.5. The molecule has 0 fully saturated rings. The summed E-state index contributed by atoms with van der Waals surface area (Å²) in [5.41, 5.74) is 0. The van der Waals surface area contributed by atoms with Gasteiger partial charge in [-0.25, -0.2) is 0 Å². The van der Waals surface area contributed by atoms with Crippen LogP contribution in [-0.2, 0) is 0 Å². The van der Waals surface area contributed by atoms with Crippen LogP contribution in [0.3, 0.4) is 0 Å². The van der Waals surface area contributed by atoms with Crippen LogP contribution < -0.4 is 0 Å². The third kappa shape index (κ3) is 5.34. The maximum atomic E-state index is 2.22. The van der Waals surface area contributed by atoms with Gasteiger partial charge in [0.15, 0.2) is 0 Å². The zero-order valence-corrected chi connectivity index (χ0v) is 26.5. The number of hydrogen-bond donors (Lipinski definition) is 0. The first-order chi connectivity index (χ1) is 23.7. The molecule has 0 atom stereocenters. The zero-order valence-electron chi connectivity index (χ0n) is 26.5. The van der Waals surface area contributed by atoms with E-state index in [0.29, 0.717) is 0 Å². The normalized spacial score (nSPS) is 11.3. The van der Waals surface area contributed by atoms with Gasteiger partial charge in [0.1, 0.15) is 0 Å². The minimum atomic E-state index is 1.22. The van der Waals surface area contributed by atoms with Crippen LogP contribution in [0.2, 0.25) is 0 Å². The lowest BCUT2D eigenvalue weighted by molar-refractivity contribution is 1.38. The monoisotopic (exact) mass is 608 g/mol. The third-order valence-electron chi connectivity index (χ3n) is 9.75. The van der Waals surface area contributed by atoms with Crippen LogP contribution in [0.4, 0.5) is 0 Å². The fourth-order valence-electron chi connectivity index (χ4n) is 6.84. The van der Waals surface area contributed by atoms with Crippen molar-refractivity contribution >= 4 is 0 Å². The van der Waals surface area contributed by atoms with E-state index in [9.17, 15) is 0 Å². The number of rotatable bonds is 0. The molecule has 0 aromatic heterocycles. The van der Waals surface area contributed by atoms with Crippen LogP contribution in [-0.4, -0.2) is 0 Å². The van der Waals surface area contributed by atoms with E-state index in [4.69, 9.17) is 0 Å². The Morgan fingerprint density at radius 2 is 0.125 bits per heavy atom. The average molecular weight is 609 g/mol. The highest BCUT2D eigenvalue weighted by atomic mass is 14.0. The first-order valence-electron chi connectivity index (χ1n) is 16.6. The Labute approximate surface area is 276 Å². The molecule has 0 heteroatoms. The van der Waals surface area contributed by atoms with E-state index in [1.54, 1.807) is 0 Å². The van der Waals surface area contributed by atoms with Crippen LogP contribution >= 0.6 is 0 Å². The molecule has 0 amide bonds. The minimum absolute atomic E-state index is 1.22. The van der Waals surface area contributed by atoms with Crippen molar-refractivity contribution in [3.05, 3.63) is 278 Å². The molecule has 0 saturated carbocycles. The summed E-state index contributed by atoms with van der Waals surface area (Å²) in [6, 6.07) is 71.1. The van der Waals surface area contributed by atoms with Gasteiger partial charge in [-0.2, -0.15) is 0 Å². The minimum Gasteiger partial charge on any atom is -0.0538 e. The Hall–Kier alpha value is -6.24. The standard InChI is InChI=1S/C48H32/c1-2-34-4-3-33(1)35-5-7-37(8-6-35)39-13-15-41(16-14-39)43-21-23-45(24-22-43)47-29-31-48(32-30-47)46-27-25-44(26-28-46)42-19-17-40(18-20-42)38-11-9-36(34)10-12-38/h1-32H. The molecule has 22 aliphatic rings. The predicted octanol–water partition coefficient (Wildman–Crippen LogP) is 10.3. The van der Waals surface area contributed by atoms with Crippen molar-refractivity contribution in [2.75, 3.05) is 0 Å². The van der Waals surface area contributed by atoms with Crippen molar-refractivity contribution < 1.29 is 0 Å². The molecular formula is C48H32. The van der Waals surface area contributed by atoms with Gasteiger partial charge in [0.2, 0.25) is 0 Å². The van der Waals surface area contributed by atoms with E-state index in [1.807, 2.05) is 0 Å². The summed E-state index contributed by atoms with van der Waals surface area (Å²) in [7, 11) is 0. The van der Waals surface area contributed by atoms with Gasteiger partial charge in [-0.05, 0) is 83.5 Å². The van der Waals surface area contributed by atoms with Crippen LogP contribution in [0.5, 0.6) is 0 Å². The molecule has 0 saturated heterocycles. The summed E-state index contributed by atoms with van der Waals surface area (Å²) in [6.07, 6.45) is 0. The molecule has 22 aliphatic carbocycles. The van der Waals surface area contributed by atoms with Gasteiger partial charge in [-0.1, -0.05) is 194 Å². The zero-order chi connectivity index (χ0) is 31.9. The summed E-state index contributed by atoms with van der Waals surface area (Å²) < 4.78 is 0. The molecular weight excluding hydrogens is 577 g/mol. The van der Waals surface area contributed by atoms with E-state index >= 15 is 0 Å². The van der Waals surface area contributed by atoms with Crippen molar-refractivity contribution in [1.29, 1.82) is 0 Å². The lowest BCUT2D eigenvalue weighted by Gasteiger charge is -1.95. The molecule has 0 nitrogen and oxygen atoms in total. The first-order valence-corrected chi connectivity index (χ1v) is 16.6. The smallest absolute Gasteiger partial charge is 0.0184 e. The summed E-state index contributed by atoms with van der Waals surface area (Å²) in [4.78, 5) is 0. The molecule has 0 unspecified atom stereocenters. The molecule has 8 aromatic rings. The summed E-state index contributed by atoms with van der Waals surface area (Å²) >= 11 is 0. The third-order valence-corrected chi connectivity index (χ3v) is 9.75. The van der Waals surface area contributed by atoms with E-state index in [2.05, 4.69) is 194 Å². The highest BCUT2D eigenvalue weighted by molar-refractivity contribution is 5.26. The number of benzene rings is 8. The molecule has 224 valence electrons. The number of hydrogen-bond acceptors (Lipinski definition) is 0. The van der Waals surface area contributed by atoms with Crippen molar-refractivity contribution in [1.82, 2.24) is 0 Å². The fourth-order valence-corrected chi connectivity index (χ4v) is 6.84. The van der Waals surface area contributed by atoms with Gasteiger partial charge < -0.3 is 0 Å². The van der Waals surface area contributed by atoms with Gasteiger partial charge in [0.25, 0.3) is 0 Å². The quantitative estimate of drug-likeness (QED) is 0.161. The largest absolute Gasteiger partial charge is 0.0538 e. The van der Waals surface area contributed by atoms with Crippen LogP contribution in [0, 0.1) is 83.5 Å². The second kappa shape index (κ2) is 11.8. The van der Waals surface area contributed by atoms with Crippen molar-refractivity contribution in [2.45, 2.75) is 0 Å². The maximum absolute atomic E-state index is 2.22. The molecule has 30 rings (SSSR count). The molecule has 0 aliphatic heterocycles. The van der Waals surface area contributed by atoms with Crippen molar-refractivity contribution in [3.8, 4) is 0 Å². The highest BCUT2D eigenvalue weighted by Crippen LogP contribution is 2.08. The molecule has 0 radical (unpaired) electrons. The van der Waals surface area contributed by atoms with Gasteiger partial charge >= 0.3 is 0 Å². The Morgan fingerprint density at radius 1 is 0.0833 bits per heavy atom. The van der Waals surface area contributed by atoms with Crippen molar-refractivity contribution in [2.24, 2.45) is 0 Å². The molecule has 0 heterocycles. The molecule has 0 N–H and O–H groups in total. The summed E-state index contributed by atoms with van der Waals surface area (Å²) in [5.74, 6) is 0. The summed E-state index contributed by atoms with van der Waals surface area (Å²) in [6.45, 7) is 0. The van der Waals surface area contributed by atoms with Gasteiger partial charge in [-0.15, -0.1) is 0 Å². The second-order valence-corrected chi connectivity index (χ2v) is 12.6. The highest BCUT2D eigenvalue weighted by Gasteiger charge is 1.92. The Kier molecular flexibility index (Phi) is 6.91. The van der Waals surface area contributed by atoms with E-state index < -0.39 is 0 Å². The molecule has 48 heavy (non-hydrogen) atoms. The lowest BCUT2D eigenvalue weighted by atomic mass is 10.1. The van der Waals surface area contributed by atoms with Gasteiger partial charge in [0, 0.05) is 0 Å². The van der Waals surface area contributed by atoms with Gasteiger partial charge in [-0.3, -0.25) is 0 Å². The van der Waals surface area contributed by atoms with Gasteiger partial charge in [0.05, 0.1) is 0 Å². The van der Waals surface area contributed by atoms with Crippen molar-refractivity contribution in [3.63, 3.8) is 0 Å². The fraction of sp³-hybridized carbons (Fsp3) is 0. The molecule has 0 spiro atoms. The van der Waals surface area contributed by atoms with E-state index in [0.717, 1.165) is 0 Å². The predicted molar refractivity (Wildman–Crippen MR) is 193 cm³/mol. The van der Waals surface area contributed by atoms with Crippen LogP contribution in [0.25, 0.3) is 0 Å². The topological polar surface area (TPSA) is 0 Å². The average Bonchev–Trinajstić information content (AvgIpc) is 3.18. The Bertz CT molecular complexity index is 2260. The SMILES string of the molecule is c1cc2ccc1=c1ccc(cc1)=c1ccc(cc1)=c1ccc(cc1)=c1ccc(cc1)=c1ccc(cc1)=c1ccc(cc1)=c1ccc=2cc1.